The number of carbonyl (C=O) groups is 3. The summed E-state index contributed by atoms with van der Waals surface area (Å²) in [6, 6.07) is 12.3. The molecule has 2 aromatic carbocycles. The van der Waals surface area contributed by atoms with Crippen LogP contribution in [0.3, 0.4) is 0 Å². The van der Waals surface area contributed by atoms with E-state index < -0.39 is 60.3 Å². The molecule has 212 valence electrons. The highest BCUT2D eigenvalue weighted by molar-refractivity contribution is 6.30. The molecule has 2 unspecified atom stereocenters. The van der Waals surface area contributed by atoms with Crippen LogP contribution in [0.5, 0.6) is 0 Å². The smallest absolute Gasteiger partial charge is 0.406 e. The third kappa shape index (κ3) is 7.45. The number of rotatable bonds is 9. The van der Waals surface area contributed by atoms with E-state index in [1.54, 1.807) is 56.3 Å². The molecule has 1 aliphatic heterocycles. The quantitative estimate of drug-likeness (QED) is 0.354. The molecule has 0 saturated carbocycles. The van der Waals surface area contributed by atoms with Crippen molar-refractivity contribution in [2.75, 3.05) is 13.1 Å². The lowest BCUT2D eigenvalue weighted by atomic mass is 9.67. The lowest BCUT2D eigenvalue weighted by Crippen LogP contribution is -2.59. The van der Waals surface area contributed by atoms with Crippen molar-refractivity contribution >= 4 is 41.0 Å². The zero-order valence-electron chi connectivity index (χ0n) is 21.8. The second kappa shape index (κ2) is 12.2. The summed E-state index contributed by atoms with van der Waals surface area (Å²) < 4.78 is 40.0. The molecule has 2 amide bonds. The normalized spacial score (nSPS) is 22.5. The van der Waals surface area contributed by atoms with Crippen LogP contribution in [0.15, 0.2) is 48.5 Å². The zero-order chi connectivity index (χ0) is 29.1. The molecule has 0 bridgehead atoms. The van der Waals surface area contributed by atoms with Gasteiger partial charge in [0.2, 0.25) is 11.8 Å². The number of hydrogen-bond donors (Lipinski definition) is 1. The Morgan fingerprint density at radius 2 is 1.77 bits per heavy atom. The number of piperidine rings is 1. The van der Waals surface area contributed by atoms with Crippen molar-refractivity contribution < 1.29 is 32.7 Å². The molecule has 1 aliphatic rings. The van der Waals surface area contributed by atoms with E-state index in [0.29, 0.717) is 20.5 Å². The summed E-state index contributed by atoms with van der Waals surface area (Å²) in [7, 11) is 0. The van der Waals surface area contributed by atoms with Crippen LogP contribution in [-0.4, -0.2) is 58.0 Å². The lowest BCUT2D eigenvalue weighted by molar-refractivity contribution is -0.168. The Balaban J connectivity index is 2.22. The second-order valence-electron chi connectivity index (χ2n) is 10.3. The Labute approximate surface area is 235 Å². The molecular weight excluding hydrogens is 556 g/mol. The summed E-state index contributed by atoms with van der Waals surface area (Å²) >= 11 is 12.4. The minimum Gasteiger partial charge on any atom is -0.481 e. The monoisotopic (exact) mass is 586 g/mol. The highest BCUT2D eigenvalue weighted by Gasteiger charge is 2.52. The number of nitrogens with zero attached hydrogens (tertiary/aromatic N) is 2. The van der Waals surface area contributed by atoms with Crippen LogP contribution in [0, 0.1) is 5.41 Å². The number of alkyl halides is 3. The van der Waals surface area contributed by atoms with E-state index in [9.17, 15) is 32.7 Å². The van der Waals surface area contributed by atoms with Crippen LogP contribution >= 0.6 is 23.2 Å². The number of amides is 2. The van der Waals surface area contributed by atoms with Crippen molar-refractivity contribution in [2.45, 2.75) is 64.2 Å². The molecule has 0 spiro atoms. The molecule has 0 radical (unpaired) electrons. The Hall–Kier alpha value is -2.78. The summed E-state index contributed by atoms with van der Waals surface area (Å²) in [6.07, 6.45) is -4.71. The first kappa shape index (κ1) is 30.8. The van der Waals surface area contributed by atoms with Crippen LogP contribution < -0.4 is 0 Å². The van der Waals surface area contributed by atoms with Gasteiger partial charge in [0.1, 0.15) is 6.54 Å². The molecule has 6 nitrogen and oxygen atoms in total. The van der Waals surface area contributed by atoms with Crippen LogP contribution in [-0.2, 0) is 14.4 Å². The highest BCUT2D eigenvalue weighted by Crippen LogP contribution is 2.52. The van der Waals surface area contributed by atoms with Crippen molar-refractivity contribution in [3.63, 3.8) is 0 Å². The number of benzene rings is 2. The predicted octanol–water partition coefficient (Wildman–Crippen LogP) is 6.72. The Morgan fingerprint density at radius 3 is 2.28 bits per heavy atom. The number of halogens is 5. The topological polar surface area (TPSA) is 77.9 Å². The molecule has 1 heterocycles. The van der Waals surface area contributed by atoms with E-state index in [4.69, 9.17) is 23.2 Å². The van der Waals surface area contributed by atoms with Crippen molar-refractivity contribution in [3.05, 3.63) is 69.7 Å². The molecule has 2 aromatic rings. The Morgan fingerprint density at radius 1 is 1.13 bits per heavy atom. The van der Waals surface area contributed by atoms with Gasteiger partial charge in [-0.2, -0.15) is 13.2 Å². The highest BCUT2D eigenvalue weighted by atomic mass is 35.5. The van der Waals surface area contributed by atoms with Gasteiger partial charge in [0.15, 0.2) is 0 Å². The largest absolute Gasteiger partial charge is 0.481 e. The van der Waals surface area contributed by atoms with E-state index in [1.807, 2.05) is 6.07 Å². The van der Waals surface area contributed by atoms with E-state index in [1.165, 1.54) is 4.90 Å². The SMILES string of the molecule is CCC(CN(CC(F)(F)F)C(C)=O)N1C(=O)[C@@](C)(CC(=O)O)CC(c2cccc(Cl)c2)[C@H]1c1ccc(Cl)cc1. The van der Waals surface area contributed by atoms with E-state index in [2.05, 4.69) is 0 Å². The number of carboxylic acids is 1. The van der Waals surface area contributed by atoms with Crippen molar-refractivity contribution in [3.8, 4) is 0 Å². The Bertz CT molecular complexity index is 1210. The van der Waals surface area contributed by atoms with E-state index in [0.717, 1.165) is 12.5 Å². The van der Waals surface area contributed by atoms with E-state index >= 15 is 0 Å². The third-order valence-electron chi connectivity index (χ3n) is 7.24. The van der Waals surface area contributed by atoms with Crippen molar-refractivity contribution in [1.29, 1.82) is 0 Å². The fourth-order valence-electron chi connectivity index (χ4n) is 5.47. The molecule has 3 rings (SSSR count). The fraction of sp³-hybridized carbons (Fsp3) is 0.464. The second-order valence-corrected chi connectivity index (χ2v) is 11.2. The first-order valence-electron chi connectivity index (χ1n) is 12.5. The zero-order valence-corrected chi connectivity index (χ0v) is 23.4. The van der Waals surface area contributed by atoms with Gasteiger partial charge in [-0.05, 0) is 48.2 Å². The van der Waals surface area contributed by atoms with Crippen molar-refractivity contribution in [1.82, 2.24) is 9.80 Å². The molecule has 4 atom stereocenters. The van der Waals surface area contributed by atoms with Crippen LogP contribution in [0.4, 0.5) is 13.2 Å². The molecule has 0 aromatic heterocycles. The molecule has 39 heavy (non-hydrogen) atoms. The minimum absolute atomic E-state index is 0.164. The minimum atomic E-state index is -4.63. The van der Waals surface area contributed by atoms with Gasteiger partial charge in [0.05, 0.1) is 17.9 Å². The van der Waals surface area contributed by atoms with Gasteiger partial charge in [-0.25, -0.2) is 0 Å². The summed E-state index contributed by atoms with van der Waals surface area (Å²) in [5.41, 5.74) is 0.0733. The third-order valence-corrected chi connectivity index (χ3v) is 7.73. The maximum atomic E-state index is 14.2. The average molecular weight is 587 g/mol. The van der Waals surface area contributed by atoms with E-state index in [-0.39, 0.29) is 19.4 Å². The number of carbonyl (C=O) groups excluding carboxylic acids is 2. The van der Waals surface area contributed by atoms with Crippen molar-refractivity contribution in [2.24, 2.45) is 5.41 Å². The van der Waals surface area contributed by atoms with Crippen LogP contribution in [0.2, 0.25) is 10.0 Å². The van der Waals surface area contributed by atoms with Gasteiger partial charge in [-0.1, -0.05) is 61.3 Å². The first-order valence-corrected chi connectivity index (χ1v) is 13.3. The molecule has 0 aliphatic carbocycles. The molecule has 1 N–H and O–H groups in total. The number of hydrogen-bond acceptors (Lipinski definition) is 3. The average Bonchev–Trinajstić information content (AvgIpc) is 2.83. The molecule has 1 saturated heterocycles. The van der Waals surface area contributed by atoms with Gasteiger partial charge in [0.25, 0.3) is 0 Å². The number of likely N-dealkylation sites (tertiary alicyclic amines) is 1. The van der Waals surface area contributed by atoms with Gasteiger partial charge in [-0.15, -0.1) is 0 Å². The summed E-state index contributed by atoms with van der Waals surface area (Å²) in [4.78, 5) is 40.5. The number of carboxylic acid groups (broad SMARTS) is 1. The first-order chi connectivity index (χ1) is 18.1. The molecular formula is C28H31Cl2F3N2O4. The van der Waals surface area contributed by atoms with Crippen LogP contribution in [0.1, 0.15) is 63.1 Å². The molecule has 11 heteroatoms. The summed E-state index contributed by atoms with van der Waals surface area (Å²) in [6.45, 7) is 2.51. The van der Waals surface area contributed by atoms with Gasteiger partial charge >= 0.3 is 12.1 Å². The Kier molecular flexibility index (Phi) is 9.60. The van der Waals surface area contributed by atoms with Gasteiger partial charge < -0.3 is 14.9 Å². The van der Waals surface area contributed by atoms with Crippen LogP contribution in [0.25, 0.3) is 0 Å². The molecule has 1 fully saturated rings. The maximum absolute atomic E-state index is 14.2. The van der Waals surface area contributed by atoms with Gasteiger partial charge in [0, 0.05) is 35.5 Å². The summed E-state index contributed by atoms with van der Waals surface area (Å²) in [5, 5.41) is 10.6. The summed E-state index contributed by atoms with van der Waals surface area (Å²) in [5.74, 6) is -2.89. The number of aliphatic carboxylic acids is 1. The maximum Gasteiger partial charge on any atom is 0.406 e. The lowest BCUT2D eigenvalue weighted by Gasteiger charge is -2.52. The van der Waals surface area contributed by atoms with Gasteiger partial charge in [-0.3, -0.25) is 14.4 Å². The standard InChI is InChI=1S/C28H31Cl2F3N2O4/c1-4-22(15-34(17(2)36)16-28(31,32)33)35-25(18-8-10-20(29)11-9-18)23(19-6-5-7-21(30)12-19)13-27(3,26(35)39)14-24(37)38/h5-12,22-23,25H,4,13-16H2,1-3H3,(H,37,38)/t22?,23?,25-,27-/m1/s1. The fourth-order valence-corrected chi connectivity index (χ4v) is 5.79. The predicted molar refractivity (Wildman–Crippen MR) is 143 cm³/mol.